The van der Waals surface area contributed by atoms with E-state index < -0.39 is 0 Å². The Bertz CT molecular complexity index is 905. The summed E-state index contributed by atoms with van der Waals surface area (Å²) >= 11 is 0. The van der Waals surface area contributed by atoms with E-state index in [1.807, 2.05) is 56.9 Å². The van der Waals surface area contributed by atoms with Gasteiger partial charge in [-0.2, -0.15) is 10.2 Å². The summed E-state index contributed by atoms with van der Waals surface area (Å²) in [7, 11) is 1.87. The zero-order chi connectivity index (χ0) is 19.2. The molecule has 0 atom stereocenters. The summed E-state index contributed by atoms with van der Waals surface area (Å²) in [5, 5.41) is 15.0. The lowest BCUT2D eigenvalue weighted by atomic mass is 10.3. The highest BCUT2D eigenvalue weighted by molar-refractivity contribution is 5.79. The Morgan fingerprint density at radius 3 is 2.63 bits per heavy atom. The minimum atomic E-state index is 0.526. The molecule has 0 amide bonds. The van der Waals surface area contributed by atoms with Gasteiger partial charge in [-0.15, -0.1) is 0 Å². The first kappa shape index (κ1) is 18.6. The summed E-state index contributed by atoms with van der Waals surface area (Å²) < 4.78 is 3.58. The number of guanidine groups is 1. The van der Waals surface area contributed by atoms with Crippen LogP contribution in [0, 0.1) is 13.8 Å². The van der Waals surface area contributed by atoms with Gasteiger partial charge in [0.15, 0.2) is 11.8 Å². The van der Waals surface area contributed by atoms with E-state index >= 15 is 0 Å². The van der Waals surface area contributed by atoms with Gasteiger partial charge in [0.05, 0.1) is 18.8 Å². The lowest BCUT2D eigenvalue weighted by Crippen LogP contribution is -2.37. The molecule has 9 heteroatoms. The average molecular weight is 367 g/mol. The van der Waals surface area contributed by atoms with E-state index in [2.05, 4.69) is 35.8 Å². The molecule has 3 aromatic rings. The molecule has 0 spiro atoms. The third-order valence-corrected chi connectivity index (χ3v) is 4.02. The molecule has 0 aliphatic heterocycles. The summed E-state index contributed by atoms with van der Waals surface area (Å²) in [5.74, 6) is 2.38. The number of hydrogen-bond acceptors (Lipinski definition) is 5. The molecule has 3 aromatic heterocycles. The van der Waals surface area contributed by atoms with Gasteiger partial charge in [-0.05, 0) is 38.5 Å². The number of aliphatic imine (C=N–C) groups is 1. The Balaban J connectivity index is 1.65. The van der Waals surface area contributed by atoms with Crippen LogP contribution in [0.4, 0.5) is 0 Å². The predicted molar refractivity (Wildman–Crippen MR) is 103 cm³/mol. The number of rotatable bonds is 6. The van der Waals surface area contributed by atoms with Crippen LogP contribution in [-0.2, 0) is 20.1 Å². The van der Waals surface area contributed by atoms with Crippen LogP contribution < -0.4 is 10.6 Å². The lowest BCUT2D eigenvalue weighted by Gasteiger charge is -2.11. The maximum absolute atomic E-state index is 4.61. The fraction of sp³-hybridized carbons (Fsp3) is 0.389. The number of pyridine rings is 1. The quantitative estimate of drug-likeness (QED) is 0.503. The second kappa shape index (κ2) is 8.43. The topological polar surface area (TPSA) is 97.8 Å². The maximum Gasteiger partial charge on any atom is 0.191 e. The number of aromatic nitrogens is 6. The van der Waals surface area contributed by atoms with Crippen LogP contribution in [0.2, 0.25) is 0 Å². The second-order valence-corrected chi connectivity index (χ2v) is 6.21. The fourth-order valence-corrected chi connectivity index (χ4v) is 2.65. The summed E-state index contributed by atoms with van der Waals surface area (Å²) in [6.07, 6.45) is 3.37. The van der Waals surface area contributed by atoms with Crippen molar-refractivity contribution in [2.75, 3.05) is 6.54 Å². The zero-order valence-corrected chi connectivity index (χ0v) is 16.1. The largest absolute Gasteiger partial charge is 0.357 e. The smallest absolute Gasteiger partial charge is 0.191 e. The molecular formula is C18H25N9. The number of nitrogens with one attached hydrogen (secondary N) is 2. The van der Waals surface area contributed by atoms with Crippen molar-refractivity contribution in [3.63, 3.8) is 0 Å². The first-order valence-corrected chi connectivity index (χ1v) is 8.90. The van der Waals surface area contributed by atoms with E-state index in [9.17, 15) is 0 Å². The van der Waals surface area contributed by atoms with Crippen molar-refractivity contribution < 1.29 is 0 Å². The lowest BCUT2D eigenvalue weighted by molar-refractivity contribution is 0.673. The Morgan fingerprint density at radius 1 is 1.19 bits per heavy atom. The highest BCUT2D eigenvalue weighted by Gasteiger charge is 2.06. The Hall–Kier alpha value is -3.23. The van der Waals surface area contributed by atoms with Crippen molar-refractivity contribution in [3.8, 4) is 5.82 Å². The zero-order valence-electron chi connectivity index (χ0n) is 16.1. The van der Waals surface area contributed by atoms with Crippen molar-refractivity contribution >= 4 is 5.96 Å². The summed E-state index contributed by atoms with van der Waals surface area (Å²) in [6, 6.07) is 6.02. The van der Waals surface area contributed by atoms with Gasteiger partial charge in [0.2, 0.25) is 0 Å². The van der Waals surface area contributed by atoms with Crippen molar-refractivity contribution in [3.05, 3.63) is 53.5 Å². The van der Waals surface area contributed by atoms with Crippen molar-refractivity contribution in [2.45, 2.75) is 33.9 Å². The molecule has 0 radical (unpaired) electrons. The van der Waals surface area contributed by atoms with E-state index in [1.165, 1.54) is 6.33 Å². The van der Waals surface area contributed by atoms with Crippen LogP contribution in [0.25, 0.3) is 5.82 Å². The molecule has 0 aliphatic carbocycles. The van der Waals surface area contributed by atoms with Crippen molar-refractivity contribution in [2.24, 2.45) is 12.0 Å². The second-order valence-electron chi connectivity index (χ2n) is 6.21. The van der Waals surface area contributed by atoms with Crippen LogP contribution in [0.3, 0.4) is 0 Å². The number of hydrogen-bond donors (Lipinski definition) is 2. The van der Waals surface area contributed by atoms with E-state index in [4.69, 9.17) is 0 Å². The SMILES string of the molecule is CCNC(=NCc1ccc(-n2nc(C)cc2C)nc1)NCc1ncnn1C. The van der Waals surface area contributed by atoms with Gasteiger partial charge in [-0.25, -0.2) is 19.6 Å². The molecular weight excluding hydrogens is 342 g/mol. The third-order valence-electron chi connectivity index (χ3n) is 4.02. The van der Waals surface area contributed by atoms with Crippen LogP contribution in [0.15, 0.2) is 35.7 Å². The van der Waals surface area contributed by atoms with E-state index in [0.717, 1.165) is 41.1 Å². The van der Waals surface area contributed by atoms with Crippen molar-refractivity contribution in [1.82, 2.24) is 40.2 Å². The van der Waals surface area contributed by atoms with E-state index in [0.29, 0.717) is 13.1 Å². The molecule has 9 nitrogen and oxygen atoms in total. The Morgan fingerprint density at radius 2 is 2.04 bits per heavy atom. The molecule has 142 valence electrons. The summed E-state index contributed by atoms with van der Waals surface area (Å²) in [4.78, 5) is 13.3. The van der Waals surface area contributed by atoms with Gasteiger partial charge in [0, 0.05) is 25.5 Å². The molecule has 3 rings (SSSR count). The fourth-order valence-electron chi connectivity index (χ4n) is 2.65. The Labute approximate surface area is 158 Å². The molecule has 3 heterocycles. The highest BCUT2D eigenvalue weighted by atomic mass is 15.3. The van der Waals surface area contributed by atoms with Gasteiger partial charge >= 0.3 is 0 Å². The monoisotopic (exact) mass is 367 g/mol. The van der Waals surface area contributed by atoms with E-state index in [1.54, 1.807) is 4.68 Å². The summed E-state index contributed by atoms with van der Waals surface area (Å²) in [5.41, 5.74) is 3.07. The third kappa shape index (κ3) is 4.69. The molecule has 0 aliphatic rings. The predicted octanol–water partition coefficient (Wildman–Crippen LogP) is 1.27. The molecule has 2 N–H and O–H groups in total. The number of nitrogens with zero attached hydrogens (tertiary/aromatic N) is 7. The molecule has 0 saturated carbocycles. The Kier molecular flexibility index (Phi) is 5.80. The minimum Gasteiger partial charge on any atom is -0.357 e. The van der Waals surface area contributed by atoms with Crippen LogP contribution in [-0.4, -0.2) is 42.0 Å². The molecule has 0 fully saturated rings. The number of aryl methyl sites for hydroxylation is 3. The molecule has 27 heavy (non-hydrogen) atoms. The van der Waals surface area contributed by atoms with Gasteiger partial charge in [0.25, 0.3) is 0 Å². The normalized spacial score (nSPS) is 11.6. The van der Waals surface area contributed by atoms with Crippen LogP contribution in [0.1, 0.15) is 29.7 Å². The van der Waals surface area contributed by atoms with Gasteiger partial charge < -0.3 is 10.6 Å². The summed E-state index contributed by atoms with van der Waals surface area (Å²) in [6.45, 7) is 7.88. The first-order chi connectivity index (χ1) is 13.1. The highest BCUT2D eigenvalue weighted by Crippen LogP contribution is 2.10. The van der Waals surface area contributed by atoms with Gasteiger partial charge in [0.1, 0.15) is 12.2 Å². The average Bonchev–Trinajstić information content (AvgIpc) is 3.22. The molecule has 0 unspecified atom stereocenters. The molecule has 0 bridgehead atoms. The standard InChI is InChI=1S/C18H25N9/c1-5-19-18(22-11-17-23-12-24-26(17)4)21-10-15-6-7-16(20-9-15)27-14(3)8-13(2)25-27/h6-9,12H,5,10-11H2,1-4H3,(H2,19,21,22). The van der Waals surface area contributed by atoms with Gasteiger partial charge in [-0.1, -0.05) is 6.07 Å². The molecule has 0 aromatic carbocycles. The maximum atomic E-state index is 4.61. The van der Waals surface area contributed by atoms with Crippen LogP contribution >= 0.6 is 0 Å². The van der Waals surface area contributed by atoms with Crippen LogP contribution in [0.5, 0.6) is 0 Å². The van der Waals surface area contributed by atoms with Crippen molar-refractivity contribution in [1.29, 1.82) is 0 Å². The minimum absolute atomic E-state index is 0.526. The first-order valence-electron chi connectivity index (χ1n) is 8.90. The van der Waals surface area contributed by atoms with E-state index in [-0.39, 0.29) is 0 Å². The molecule has 0 saturated heterocycles. The van der Waals surface area contributed by atoms with Gasteiger partial charge in [-0.3, -0.25) is 4.68 Å².